The summed E-state index contributed by atoms with van der Waals surface area (Å²) >= 11 is 5.33. The molecule has 0 aliphatic rings. The van der Waals surface area contributed by atoms with E-state index in [1.165, 1.54) is 5.56 Å². The van der Waals surface area contributed by atoms with Gasteiger partial charge >= 0.3 is 0 Å². The van der Waals surface area contributed by atoms with E-state index in [0.29, 0.717) is 18.3 Å². The summed E-state index contributed by atoms with van der Waals surface area (Å²) in [5.41, 5.74) is 2.23. The van der Waals surface area contributed by atoms with Gasteiger partial charge in [-0.3, -0.25) is 0 Å². The molecule has 0 aliphatic carbocycles. The van der Waals surface area contributed by atoms with Crippen molar-refractivity contribution >= 4 is 23.0 Å². The van der Waals surface area contributed by atoms with Crippen LogP contribution in [0.5, 0.6) is 11.5 Å². The summed E-state index contributed by atoms with van der Waals surface area (Å²) < 4.78 is 10.9. The van der Waals surface area contributed by atoms with E-state index in [0.717, 1.165) is 36.6 Å². The van der Waals surface area contributed by atoms with E-state index in [9.17, 15) is 0 Å². The van der Waals surface area contributed by atoms with Gasteiger partial charge in [-0.1, -0.05) is 24.8 Å². The molecule has 0 saturated heterocycles. The molecule has 0 bridgehead atoms. The van der Waals surface area contributed by atoms with Crippen molar-refractivity contribution in [3.8, 4) is 11.5 Å². The normalized spacial score (nSPS) is 10.0. The smallest absolute Gasteiger partial charge is 0.170 e. The molecule has 0 aromatic heterocycles. The number of benzene rings is 2. The first-order valence-corrected chi connectivity index (χ1v) is 9.22. The Hall–Kier alpha value is -2.53. The van der Waals surface area contributed by atoms with Gasteiger partial charge in [-0.05, 0) is 73.9 Å². The standard InChI is InChI=1S/C21H26N2O2S/c1-3-16-25-20-13-9-18(10-14-20)23-21(26)22-15-5-6-17-7-11-19(12-8-17)24-4-2/h3,7-14H,1,4-6,15-16H2,2H3,(H2,22,23,26). The van der Waals surface area contributed by atoms with Crippen molar-refractivity contribution in [2.45, 2.75) is 19.8 Å². The Balaban J connectivity index is 1.66. The maximum absolute atomic E-state index is 5.46. The summed E-state index contributed by atoms with van der Waals surface area (Å²) in [4.78, 5) is 0. The van der Waals surface area contributed by atoms with E-state index in [4.69, 9.17) is 21.7 Å². The lowest BCUT2D eigenvalue weighted by molar-refractivity contribution is 0.340. The van der Waals surface area contributed by atoms with Gasteiger partial charge in [-0.15, -0.1) is 0 Å². The van der Waals surface area contributed by atoms with Crippen LogP contribution in [-0.2, 0) is 6.42 Å². The number of nitrogens with one attached hydrogen (secondary N) is 2. The number of ether oxygens (including phenoxy) is 2. The molecule has 0 radical (unpaired) electrons. The molecular weight excluding hydrogens is 344 g/mol. The largest absolute Gasteiger partial charge is 0.494 e. The van der Waals surface area contributed by atoms with Gasteiger partial charge in [0.15, 0.2) is 5.11 Å². The zero-order chi connectivity index (χ0) is 18.6. The van der Waals surface area contributed by atoms with Gasteiger partial charge in [-0.25, -0.2) is 0 Å². The Morgan fingerprint density at radius 1 is 1.04 bits per heavy atom. The lowest BCUT2D eigenvalue weighted by Gasteiger charge is -2.11. The second kappa shape index (κ2) is 11.2. The molecule has 2 aromatic carbocycles. The molecule has 2 aromatic rings. The van der Waals surface area contributed by atoms with Gasteiger partial charge in [0.1, 0.15) is 18.1 Å². The van der Waals surface area contributed by atoms with Crippen LogP contribution in [0.3, 0.4) is 0 Å². The lowest BCUT2D eigenvalue weighted by atomic mass is 10.1. The van der Waals surface area contributed by atoms with Crippen LogP contribution in [0.4, 0.5) is 5.69 Å². The average Bonchev–Trinajstić information content (AvgIpc) is 2.66. The summed E-state index contributed by atoms with van der Waals surface area (Å²) in [5.74, 6) is 1.73. The van der Waals surface area contributed by atoms with Gasteiger partial charge in [0.05, 0.1) is 6.61 Å². The third-order valence-electron chi connectivity index (χ3n) is 3.64. The summed E-state index contributed by atoms with van der Waals surface area (Å²) in [7, 11) is 0. The Labute approximate surface area is 161 Å². The van der Waals surface area contributed by atoms with Crippen molar-refractivity contribution in [1.82, 2.24) is 5.32 Å². The molecule has 26 heavy (non-hydrogen) atoms. The van der Waals surface area contributed by atoms with E-state index in [1.54, 1.807) is 6.08 Å². The van der Waals surface area contributed by atoms with Crippen molar-refractivity contribution in [2.24, 2.45) is 0 Å². The van der Waals surface area contributed by atoms with Gasteiger partial charge in [0.2, 0.25) is 0 Å². The van der Waals surface area contributed by atoms with E-state index >= 15 is 0 Å². The molecule has 2 rings (SSSR count). The van der Waals surface area contributed by atoms with E-state index in [-0.39, 0.29) is 0 Å². The Morgan fingerprint density at radius 3 is 2.35 bits per heavy atom. The minimum Gasteiger partial charge on any atom is -0.494 e. The number of thiocarbonyl (C=S) groups is 1. The van der Waals surface area contributed by atoms with Crippen molar-refractivity contribution in [3.05, 3.63) is 66.7 Å². The molecular formula is C21H26N2O2S. The summed E-state index contributed by atoms with van der Waals surface area (Å²) in [5, 5.41) is 7.03. The Bertz CT molecular complexity index is 684. The topological polar surface area (TPSA) is 42.5 Å². The van der Waals surface area contributed by atoms with Crippen LogP contribution in [0.15, 0.2) is 61.2 Å². The van der Waals surface area contributed by atoms with E-state index in [1.807, 2.05) is 43.3 Å². The van der Waals surface area contributed by atoms with Gasteiger partial charge in [-0.2, -0.15) is 0 Å². The first-order valence-electron chi connectivity index (χ1n) is 8.81. The minimum atomic E-state index is 0.501. The van der Waals surface area contributed by atoms with Crippen molar-refractivity contribution in [2.75, 3.05) is 25.1 Å². The highest BCUT2D eigenvalue weighted by molar-refractivity contribution is 7.80. The summed E-state index contributed by atoms with van der Waals surface area (Å²) in [6, 6.07) is 15.9. The first kappa shape index (κ1) is 19.8. The Kier molecular flexibility index (Phi) is 8.49. The zero-order valence-corrected chi connectivity index (χ0v) is 16.0. The number of hydrogen-bond acceptors (Lipinski definition) is 3. The predicted octanol–water partition coefficient (Wildman–Crippen LogP) is 4.57. The second-order valence-electron chi connectivity index (χ2n) is 5.69. The second-order valence-corrected chi connectivity index (χ2v) is 6.09. The zero-order valence-electron chi connectivity index (χ0n) is 15.2. The molecule has 0 fully saturated rings. The molecule has 0 amide bonds. The molecule has 0 atom stereocenters. The molecule has 138 valence electrons. The highest BCUT2D eigenvalue weighted by atomic mass is 32.1. The van der Waals surface area contributed by atoms with Crippen molar-refractivity contribution in [3.63, 3.8) is 0 Å². The minimum absolute atomic E-state index is 0.501. The SMILES string of the molecule is C=CCOc1ccc(NC(=S)NCCCc2ccc(OCC)cc2)cc1. The molecule has 5 heteroatoms. The molecule has 0 aliphatic heterocycles. The maximum atomic E-state index is 5.46. The quantitative estimate of drug-likeness (QED) is 0.364. The molecule has 0 spiro atoms. The fourth-order valence-corrected chi connectivity index (χ4v) is 2.60. The van der Waals surface area contributed by atoms with Gasteiger partial charge in [0, 0.05) is 12.2 Å². The van der Waals surface area contributed by atoms with Crippen molar-refractivity contribution in [1.29, 1.82) is 0 Å². The third kappa shape index (κ3) is 7.15. The molecule has 0 saturated carbocycles. The molecule has 2 N–H and O–H groups in total. The highest BCUT2D eigenvalue weighted by Crippen LogP contribution is 2.16. The first-order chi connectivity index (χ1) is 12.7. The summed E-state index contributed by atoms with van der Waals surface area (Å²) in [6.07, 6.45) is 3.72. The van der Waals surface area contributed by atoms with E-state index < -0.39 is 0 Å². The van der Waals surface area contributed by atoms with Crippen LogP contribution in [0, 0.1) is 0 Å². The number of hydrogen-bond donors (Lipinski definition) is 2. The lowest BCUT2D eigenvalue weighted by Crippen LogP contribution is -2.29. The van der Waals surface area contributed by atoms with Crippen LogP contribution in [-0.4, -0.2) is 24.9 Å². The number of anilines is 1. The highest BCUT2D eigenvalue weighted by Gasteiger charge is 2.00. The number of rotatable bonds is 10. The molecule has 0 heterocycles. The molecule has 4 nitrogen and oxygen atoms in total. The van der Waals surface area contributed by atoms with Crippen molar-refractivity contribution < 1.29 is 9.47 Å². The van der Waals surface area contributed by atoms with E-state index in [2.05, 4.69) is 29.3 Å². The van der Waals surface area contributed by atoms with Crippen LogP contribution in [0.1, 0.15) is 18.9 Å². The van der Waals surface area contributed by atoms with Crippen LogP contribution >= 0.6 is 12.2 Å². The third-order valence-corrected chi connectivity index (χ3v) is 3.89. The average molecular weight is 371 g/mol. The van der Waals surface area contributed by atoms with Crippen LogP contribution in [0.2, 0.25) is 0 Å². The monoisotopic (exact) mass is 370 g/mol. The molecule has 0 unspecified atom stereocenters. The predicted molar refractivity (Wildman–Crippen MR) is 112 cm³/mol. The fourth-order valence-electron chi connectivity index (χ4n) is 2.38. The van der Waals surface area contributed by atoms with Gasteiger partial charge in [0.25, 0.3) is 0 Å². The Morgan fingerprint density at radius 2 is 1.69 bits per heavy atom. The summed E-state index contributed by atoms with van der Waals surface area (Å²) in [6.45, 7) is 7.63. The van der Waals surface area contributed by atoms with Crippen LogP contribution < -0.4 is 20.1 Å². The fraction of sp³-hybridized carbons (Fsp3) is 0.286. The van der Waals surface area contributed by atoms with Gasteiger partial charge < -0.3 is 20.1 Å². The van der Waals surface area contributed by atoms with Crippen LogP contribution in [0.25, 0.3) is 0 Å². The maximum Gasteiger partial charge on any atom is 0.170 e. The number of aryl methyl sites for hydroxylation is 1.